The van der Waals surface area contributed by atoms with Crippen LogP contribution in [0, 0.1) is 0 Å². The first kappa shape index (κ1) is 19.7. The van der Waals surface area contributed by atoms with Crippen molar-refractivity contribution < 1.29 is 22.7 Å². The molecular weight excluding hydrogens is 333 g/mol. The van der Waals surface area contributed by atoms with Gasteiger partial charge >= 0.3 is 6.18 Å². The highest BCUT2D eigenvalue weighted by molar-refractivity contribution is 5.85. The summed E-state index contributed by atoms with van der Waals surface area (Å²) in [5.74, 6) is -0.374. The van der Waals surface area contributed by atoms with Gasteiger partial charge in [0.05, 0.1) is 12.2 Å². The Morgan fingerprint density at radius 1 is 1.39 bits per heavy atom. The third kappa shape index (κ3) is 5.09. The van der Waals surface area contributed by atoms with Crippen LogP contribution in [0.3, 0.4) is 0 Å². The summed E-state index contributed by atoms with van der Waals surface area (Å²) < 4.78 is 44.0. The molecule has 2 rings (SSSR count). The molecule has 130 valence electrons. The van der Waals surface area contributed by atoms with Gasteiger partial charge in [0.15, 0.2) is 0 Å². The molecule has 0 radical (unpaired) electrons. The van der Waals surface area contributed by atoms with Crippen LogP contribution in [0.25, 0.3) is 0 Å². The van der Waals surface area contributed by atoms with Crippen LogP contribution >= 0.6 is 12.4 Å². The molecule has 0 spiro atoms. The highest BCUT2D eigenvalue weighted by Gasteiger charge is 2.38. The molecule has 1 amide bonds. The van der Waals surface area contributed by atoms with E-state index in [1.807, 2.05) is 0 Å². The highest BCUT2D eigenvalue weighted by Crippen LogP contribution is 2.34. The number of benzene rings is 1. The lowest BCUT2D eigenvalue weighted by Gasteiger charge is -2.26. The fourth-order valence-electron chi connectivity index (χ4n) is 2.36. The molecule has 1 saturated carbocycles. The second-order valence-corrected chi connectivity index (χ2v) is 5.41. The second-order valence-electron chi connectivity index (χ2n) is 5.41. The van der Waals surface area contributed by atoms with Crippen molar-refractivity contribution in [1.29, 1.82) is 0 Å². The molecule has 1 aromatic carbocycles. The average molecular weight is 353 g/mol. The number of rotatable bonds is 6. The summed E-state index contributed by atoms with van der Waals surface area (Å²) in [6, 6.07) is 4.41. The number of alkyl halides is 3. The second kappa shape index (κ2) is 7.99. The number of methoxy groups -OCH3 is 1. The van der Waals surface area contributed by atoms with Gasteiger partial charge in [0.2, 0.25) is 5.91 Å². The van der Waals surface area contributed by atoms with E-state index in [4.69, 9.17) is 10.5 Å². The zero-order valence-electron chi connectivity index (χ0n) is 12.7. The van der Waals surface area contributed by atoms with E-state index in [-0.39, 0.29) is 43.1 Å². The van der Waals surface area contributed by atoms with E-state index >= 15 is 0 Å². The van der Waals surface area contributed by atoms with Crippen molar-refractivity contribution in [3.05, 3.63) is 35.4 Å². The standard InChI is InChI=1S/C15H19F3N2O2.ClH/c1-22-9-13(19)14(21)20(11-6-7-11)8-10-4-2-3-5-12(10)15(16,17)18;/h2-5,11,13H,6-9,19H2,1H3;1H. The minimum atomic E-state index is -4.44. The van der Waals surface area contributed by atoms with Crippen LogP contribution in [-0.4, -0.2) is 36.6 Å². The summed E-state index contributed by atoms with van der Waals surface area (Å²) in [4.78, 5) is 13.8. The fraction of sp³-hybridized carbons (Fsp3) is 0.533. The number of ether oxygens (including phenoxy) is 1. The van der Waals surface area contributed by atoms with Gasteiger partial charge in [-0.25, -0.2) is 0 Å². The molecule has 1 aliphatic rings. The first-order valence-electron chi connectivity index (χ1n) is 7.04. The van der Waals surface area contributed by atoms with Crippen molar-refractivity contribution >= 4 is 18.3 Å². The summed E-state index contributed by atoms with van der Waals surface area (Å²) >= 11 is 0. The maximum Gasteiger partial charge on any atom is 0.416 e. The van der Waals surface area contributed by atoms with Gasteiger partial charge in [0, 0.05) is 19.7 Å². The lowest BCUT2D eigenvalue weighted by molar-refractivity contribution is -0.140. The van der Waals surface area contributed by atoms with Crippen LogP contribution in [-0.2, 0) is 22.3 Å². The van der Waals surface area contributed by atoms with E-state index in [2.05, 4.69) is 0 Å². The van der Waals surface area contributed by atoms with E-state index in [0.717, 1.165) is 18.9 Å². The number of halogens is 4. The first-order valence-corrected chi connectivity index (χ1v) is 7.04. The number of hydrogen-bond acceptors (Lipinski definition) is 3. The Morgan fingerprint density at radius 2 is 2.00 bits per heavy atom. The smallest absolute Gasteiger partial charge is 0.383 e. The molecule has 8 heteroatoms. The van der Waals surface area contributed by atoms with E-state index in [1.165, 1.54) is 30.2 Å². The number of carbonyl (C=O) groups excluding carboxylic acids is 1. The van der Waals surface area contributed by atoms with Gasteiger partial charge in [-0.05, 0) is 24.5 Å². The lowest BCUT2D eigenvalue weighted by Crippen LogP contribution is -2.46. The van der Waals surface area contributed by atoms with Crippen molar-refractivity contribution in [2.45, 2.75) is 37.6 Å². The minimum Gasteiger partial charge on any atom is -0.383 e. The summed E-state index contributed by atoms with van der Waals surface area (Å²) in [6.45, 7) is -0.0421. The quantitative estimate of drug-likeness (QED) is 0.856. The van der Waals surface area contributed by atoms with Gasteiger partial charge in [0.25, 0.3) is 0 Å². The number of amides is 1. The molecule has 0 aromatic heterocycles. The van der Waals surface area contributed by atoms with Gasteiger partial charge in [-0.1, -0.05) is 18.2 Å². The van der Waals surface area contributed by atoms with Crippen molar-refractivity contribution in [1.82, 2.24) is 4.90 Å². The minimum absolute atomic E-state index is 0. The molecule has 1 aliphatic carbocycles. The van der Waals surface area contributed by atoms with Gasteiger partial charge in [-0.15, -0.1) is 12.4 Å². The maximum absolute atomic E-state index is 13.0. The SMILES string of the molecule is COCC(N)C(=O)N(Cc1ccccc1C(F)(F)F)C1CC1.Cl. The van der Waals surface area contributed by atoms with E-state index < -0.39 is 17.8 Å². The summed E-state index contributed by atoms with van der Waals surface area (Å²) in [7, 11) is 1.42. The Bertz CT molecular complexity index is 536. The fourth-order valence-corrected chi connectivity index (χ4v) is 2.36. The molecule has 0 heterocycles. The van der Waals surface area contributed by atoms with E-state index in [0.29, 0.717) is 0 Å². The van der Waals surface area contributed by atoms with Crippen molar-refractivity contribution in [2.75, 3.05) is 13.7 Å². The van der Waals surface area contributed by atoms with Crippen molar-refractivity contribution in [3.63, 3.8) is 0 Å². The average Bonchev–Trinajstić information content (AvgIpc) is 3.28. The molecule has 0 aliphatic heterocycles. The Hall–Kier alpha value is -1.31. The van der Waals surface area contributed by atoms with Crippen LogP contribution in [0.1, 0.15) is 24.0 Å². The maximum atomic E-state index is 13.0. The predicted octanol–water partition coefficient (Wildman–Crippen LogP) is 2.59. The Balaban J connectivity index is 0.00000264. The van der Waals surface area contributed by atoms with Gasteiger partial charge in [-0.2, -0.15) is 13.2 Å². The van der Waals surface area contributed by atoms with E-state index in [9.17, 15) is 18.0 Å². The normalized spacial score (nSPS) is 15.7. The van der Waals surface area contributed by atoms with Gasteiger partial charge in [0.1, 0.15) is 6.04 Å². The molecule has 1 unspecified atom stereocenters. The highest BCUT2D eigenvalue weighted by atomic mass is 35.5. The Labute approximate surface area is 139 Å². The largest absolute Gasteiger partial charge is 0.416 e. The number of nitrogens with two attached hydrogens (primary N) is 1. The summed E-state index contributed by atoms with van der Waals surface area (Å²) in [6.07, 6.45) is -2.86. The molecule has 23 heavy (non-hydrogen) atoms. The zero-order chi connectivity index (χ0) is 16.3. The molecular formula is C15H20ClF3N2O2. The van der Waals surface area contributed by atoms with Crippen LogP contribution in [0.5, 0.6) is 0 Å². The first-order chi connectivity index (χ1) is 10.3. The molecule has 1 aromatic rings. The van der Waals surface area contributed by atoms with Crippen LogP contribution in [0.2, 0.25) is 0 Å². The molecule has 1 atom stereocenters. The summed E-state index contributed by atoms with van der Waals surface area (Å²) in [5, 5.41) is 0. The Morgan fingerprint density at radius 3 is 2.52 bits per heavy atom. The van der Waals surface area contributed by atoms with Crippen molar-refractivity contribution in [3.8, 4) is 0 Å². The van der Waals surface area contributed by atoms with Gasteiger partial charge in [-0.3, -0.25) is 4.79 Å². The van der Waals surface area contributed by atoms with Crippen LogP contribution < -0.4 is 5.73 Å². The summed E-state index contributed by atoms with van der Waals surface area (Å²) in [5.41, 5.74) is 5.10. The number of hydrogen-bond donors (Lipinski definition) is 1. The van der Waals surface area contributed by atoms with Crippen molar-refractivity contribution in [2.24, 2.45) is 5.73 Å². The topological polar surface area (TPSA) is 55.6 Å². The van der Waals surface area contributed by atoms with E-state index in [1.54, 1.807) is 0 Å². The Kier molecular flexibility index (Phi) is 6.85. The number of carbonyl (C=O) groups is 1. The lowest BCUT2D eigenvalue weighted by atomic mass is 10.1. The zero-order valence-corrected chi connectivity index (χ0v) is 13.5. The van der Waals surface area contributed by atoms with Gasteiger partial charge < -0.3 is 15.4 Å². The van der Waals surface area contributed by atoms with Crippen LogP contribution in [0.4, 0.5) is 13.2 Å². The third-order valence-corrected chi connectivity index (χ3v) is 3.60. The molecule has 0 bridgehead atoms. The molecule has 4 nitrogen and oxygen atoms in total. The predicted molar refractivity (Wildman–Crippen MR) is 82.1 cm³/mol. The third-order valence-electron chi connectivity index (χ3n) is 3.60. The molecule has 0 saturated heterocycles. The van der Waals surface area contributed by atoms with Crippen LogP contribution in [0.15, 0.2) is 24.3 Å². The monoisotopic (exact) mass is 352 g/mol. The molecule has 2 N–H and O–H groups in total. The number of nitrogens with zero attached hydrogens (tertiary/aromatic N) is 1. The molecule has 1 fully saturated rings.